The lowest BCUT2D eigenvalue weighted by Gasteiger charge is -2.50. The largest absolute Gasteiger partial charge is 0.469 e. The predicted molar refractivity (Wildman–Crippen MR) is 113 cm³/mol. The summed E-state index contributed by atoms with van der Waals surface area (Å²) in [6.07, 6.45) is 3.56. The first kappa shape index (κ1) is 20.1. The van der Waals surface area contributed by atoms with Crippen molar-refractivity contribution in [1.82, 2.24) is 5.32 Å². The number of esters is 1. The zero-order valence-corrected chi connectivity index (χ0v) is 17.1. The van der Waals surface area contributed by atoms with Crippen LogP contribution in [0, 0.1) is 0 Å². The second kappa shape index (κ2) is 8.30. The molecule has 2 aromatic carbocycles. The Hall–Kier alpha value is -3.15. The van der Waals surface area contributed by atoms with Gasteiger partial charge in [-0.15, -0.1) is 0 Å². The van der Waals surface area contributed by atoms with E-state index in [1.54, 1.807) is 6.07 Å². The summed E-state index contributed by atoms with van der Waals surface area (Å²) in [5, 5.41) is 2.92. The average Bonchev–Trinajstić information content (AvgIpc) is 3.24. The van der Waals surface area contributed by atoms with Crippen molar-refractivity contribution in [1.29, 1.82) is 0 Å². The number of fused-ring (bicyclic) bond motifs is 1. The van der Waals surface area contributed by atoms with Crippen molar-refractivity contribution in [3.05, 3.63) is 65.7 Å². The molecule has 1 atom stereocenters. The van der Waals surface area contributed by atoms with E-state index in [1.165, 1.54) is 7.11 Å². The van der Waals surface area contributed by atoms with Crippen molar-refractivity contribution in [2.75, 3.05) is 18.6 Å². The second-order valence-corrected chi connectivity index (χ2v) is 7.92. The van der Waals surface area contributed by atoms with E-state index < -0.39 is 11.5 Å². The van der Waals surface area contributed by atoms with Crippen molar-refractivity contribution < 1.29 is 19.1 Å². The van der Waals surface area contributed by atoms with Crippen molar-refractivity contribution in [3.63, 3.8) is 0 Å². The topological polar surface area (TPSA) is 75.7 Å². The Morgan fingerprint density at radius 3 is 2.43 bits per heavy atom. The van der Waals surface area contributed by atoms with Crippen LogP contribution >= 0.6 is 0 Å². The molecule has 0 radical (unpaired) electrons. The first-order chi connectivity index (χ1) is 14.6. The van der Waals surface area contributed by atoms with E-state index in [9.17, 15) is 14.4 Å². The van der Waals surface area contributed by atoms with Gasteiger partial charge in [-0.3, -0.25) is 14.4 Å². The normalized spacial score (nSPS) is 19.4. The Kier molecular flexibility index (Phi) is 5.57. The molecule has 6 heteroatoms. The molecular formula is C24H26N2O4. The number of anilines is 1. The highest BCUT2D eigenvalue weighted by atomic mass is 16.5. The highest BCUT2D eigenvalue weighted by Crippen LogP contribution is 2.51. The molecule has 2 amide bonds. The molecule has 4 rings (SSSR count). The van der Waals surface area contributed by atoms with E-state index >= 15 is 0 Å². The molecule has 2 aromatic rings. The fraction of sp³-hybridized carbons (Fsp3) is 0.375. The number of hydrogen-bond acceptors (Lipinski definition) is 4. The maximum absolute atomic E-state index is 13.6. The van der Waals surface area contributed by atoms with Gasteiger partial charge in [0.15, 0.2) is 0 Å². The number of benzene rings is 2. The third-order valence-electron chi connectivity index (χ3n) is 6.29. The average molecular weight is 406 g/mol. The molecule has 6 nitrogen and oxygen atoms in total. The van der Waals surface area contributed by atoms with E-state index in [0.717, 1.165) is 36.9 Å². The number of rotatable bonds is 5. The van der Waals surface area contributed by atoms with Crippen LogP contribution < -0.4 is 10.2 Å². The lowest BCUT2D eigenvalue weighted by atomic mass is 9.70. The number of amides is 2. The minimum Gasteiger partial charge on any atom is -0.469 e. The molecule has 1 fully saturated rings. The van der Waals surface area contributed by atoms with Crippen molar-refractivity contribution >= 4 is 23.5 Å². The Morgan fingerprint density at radius 2 is 1.73 bits per heavy atom. The summed E-state index contributed by atoms with van der Waals surface area (Å²) >= 11 is 0. The summed E-state index contributed by atoms with van der Waals surface area (Å²) in [4.78, 5) is 40.4. The fourth-order valence-electron chi connectivity index (χ4n) is 5.01. The Labute approximate surface area is 176 Å². The van der Waals surface area contributed by atoms with Gasteiger partial charge in [-0.2, -0.15) is 0 Å². The minimum atomic E-state index is -0.609. The van der Waals surface area contributed by atoms with E-state index in [2.05, 4.69) is 10.1 Å². The first-order valence-electron chi connectivity index (χ1n) is 10.4. The van der Waals surface area contributed by atoms with Crippen LogP contribution in [0.15, 0.2) is 54.6 Å². The first-order valence-corrected chi connectivity index (χ1v) is 10.4. The van der Waals surface area contributed by atoms with Gasteiger partial charge in [0.1, 0.15) is 0 Å². The highest BCUT2D eigenvalue weighted by Gasteiger charge is 2.56. The standard InChI is InChI=1S/C24H26N2O4/c1-30-20(27)13-16-25-22(28)21-18-11-5-6-12-19(18)23(29)26(17-9-3-2-4-10-17)24(21)14-7-8-15-24/h2-6,9-12,21H,7-8,13-16H2,1H3,(H,25,28)/t21-/m1/s1. The highest BCUT2D eigenvalue weighted by molar-refractivity contribution is 6.12. The fourth-order valence-corrected chi connectivity index (χ4v) is 5.01. The third kappa shape index (κ3) is 3.36. The molecule has 1 aliphatic carbocycles. The summed E-state index contributed by atoms with van der Waals surface area (Å²) in [5.41, 5.74) is 1.53. The maximum Gasteiger partial charge on any atom is 0.307 e. The van der Waals surface area contributed by atoms with Gasteiger partial charge in [0.05, 0.1) is 25.0 Å². The molecule has 1 spiro atoms. The molecular weight excluding hydrogens is 380 g/mol. The monoisotopic (exact) mass is 406 g/mol. The number of nitrogens with one attached hydrogen (secondary N) is 1. The third-order valence-corrected chi connectivity index (χ3v) is 6.29. The van der Waals surface area contributed by atoms with E-state index in [0.29, 0.717) is 5.56 Å². The molecule has 2 aliphatic rings. The number of methoxy groups -OCH3 is 1. The van der Waals surface area contributed by atoms with Gasteiger partial charge < -0.3 is 15.0 Å². The Morgan fingerprint density at radius 1 is 1.07 bits per heavy atom. The number of hydrogen-bond donors (Lipinski definition) is 1. The zero-order chi connectivity index (χ0) is 21.1. The van der Waals surface area contributed by atoms with Gasteiger partial charge >= 0.3 is 5.97 Å². The van der Waals surface area contributed by atoms with Gasteiger partial charge in [0.25, 0.3) is 5.91 Å². The van der Waals surface area contributed by atoms with Gasteiger partial charge in [-0.05, 0) is 36.6 Å². The van der Waals surface area contributed by atoms with Crippen LogP contribution in [0.2, 0.25) is 0 Å². The number of para-hydroxylation sites is 1. The van der Waals surface area contributed by atoms with Crippen LogP contribution in [0.3, 0.4) is 0 Å². The molecule has 30 heavy (non-hydrogen) atoms. The van der Waals surface area contributed by atoms with Crippen LogP contribution in [0.25, 0.3) is 0 Å². The molecule has 1 N–H and O–H groups in total. The van der Waals surface area contributed by atoms with E-state index in [-0.39, 0.29) is 30.7 Å². The van der Waals surface area contributed by atoms with Crippen LogP contribution in [-0.2, 0) is 14.3 Å². The van der Waals surface area contributed by atoms with Crippen LogP contribution in [-0.4, -0.2) is 37.0 Å². The molecule has 1 aliphatic heterocycles. The van der Waals surface area contributed by atoms with Crippen LogP contribution in [0.5, 0.6) is 0 Å². The quantitative estimate of drug-likeness (QED) is 0.772. The van der Waals surface area contributed by atoms with Gasteiger partial charge in [0.2, 0.25) is 5.91 Å². The molecule has 1 saturated carbocycles. The van der Waals surface area contributed by atoms with Gasteiger partial charge in [-0.1, -0.05) is 49.2 Å². The van der Waals surface area contributed by atoms with Crippen LogP contribution in [0.4, 0.5) is 5.69 Å². The van der Waals surface area contributed by atoms with E-state index in [1.807, 2.05) is 53.4 Å². The summed E-state index contributed by atoms with van der Waals surface area (Å²) in [6, 6.07) is 17.0. The molecule has 0 saturated heterocycles. The molecule has 0 aromatic heterocycles. The SMILES string of the molecule is COC(=O)CCNC(=O)[C@H]1c2ccccc2C(=O)N(c2ccccc2)C12CCCC2. The van der Waals surface area contributed by atoms with Crippen LogP contribution in [0.1, 0.15) is 53.9 Å². The van der Waals surface area contributed by atoms with Gasteiger partial charge in [0, 0.05) is 17.8 Å². The number of carbonyl (C=O) groups is 3. The second-order valence-electron chi connectivity index (χ2n) is 7.92. The van der Waals surface area contributed by atoms with Gasteiger partial charge in [-0.25, -0.2) is 0 Å². The lowest BCUT2D eigenvalue weighted by molar-refractivity contribution is -0.140. The number of ether oxygens (including phenoxy) is 1. The number of carbonyl (C=O) groups excluding carboxylic acids is 3. The van der Waals surface area contributed by atoms with Crippen molar-refractivity contribution in [2.24, 2.45) is 0 Å². The molecule has 0 unspecified atom stereocenters. The smallest absolute Gasteiger partial charge is 0.307 e. The summed E-state index contributed by atoms with van der Waals surface area (Å²) in [5.74, 6) is -1.07. The van der Waals surface area contributed by atoms with E-state index in [4.69, 9.17) is 0 Å². The molecule has 156 valence electrons. The summed E-state index contributed by atoms with van der Waals surface area (Å²) in [7, 11) is 1.33. The summed E-state index contributed by atoms with van der Waals surface area (Å²) < 4.78 is 4.67. The molecule has 0 bridgehead atoms. The Balaban J connectivity index is 1.78. The summed E-state index contributed by atoms with van der Waals surface area (Å²) in [6.45, 7) is 0.208. The molecule has 1 heterocycles. The predicted octanol–water partition coefficient (Wildman–Crippen LogP) is 3.42. The number of nitrogens with zero attached hydrogens (tertiary/aromatic N) is 1. The lowest BCUT2D eigenvalue weighted by Crippen LogP contribution is -2.61. The van der Waals surface area contributed by atoms with Crippen molar-refractivity contribution in [3.8, 4) is 0 Å². The zero-order valence-electron chi connectivity index (χ0n) is 17.1. The Bertz CT molecular complexity index is 951. The van der Waals surface area contributed by atoms with Crippen molar-refractivity contribution in [2.45, 2.75) is 43.6 Å². The maximum atomic E-state index is 13.6. The minimum absolute atomic E-state index is 0.0580.